The van der Waals surface area contributed by atoms with Crippen LogP contribution in [0.1, 0.15) is 24.3 Å². The van der Waals surface area contributed by atoms with E-state index in [1.807, 2.05) is 30.6 Å². The summed E-state index contributed by atoms with van der Waals surface area (Å²) in [5.74, 6) is 2.39. The molecule has 0 amide bonds. The fourth-order valence-electron chi connectivity index (χ4n) is 3.29. The van der Waals surface area contributed by atoms with Crippen LogP contribution < -0.4 is 15.5 Å². The van der Waals surface area contributed by atoms with Crippen molar-refractivity contribution in [1.29, 1.82) is 0 Å². The summed E-state index contributed by atoms with van der Waals surface area (Å²) in [7, 11) is 1.81. The lowest BCUT2D eigenvalue weighted by Crippen LogP contribution is -2.41. The number of rotatable bonds is 7. The smallest absolute Gasteiger partial charge is 0.191 e. The second kappa shape index (κ2) is 10.4. The highest BCUT2D eigenvalue weighted by Crippen LogP contribution is 2.16. The number of thiophene rings is 1. The number of morpholine rings is 1. The van der Waals surface area contributed by atoms with Gasteiger partial charge in [-0.1, -0.05) is 13.0 Å². The Morgan fingerprint density at radius 1 is 1.43 bits per heavy atom. The Kier molecular flexibility index (Phi) is 7.68. The number of nitrogens with one attached hydrogen (secondary N) is 2. The molecule has 2 aromatic rings. The summed E-state index contributed by atoms with van der Waals surface area (Å²) in [5, 5.41) is 8.98. The van der Waals surface area contributed by atoms with E-state index in [0.717, 1.165) is 44.4 Å². The van der Waals surface area contributed by atoms with E-state index in [4.69, 9.17) is 4.74 Å². The molecule has 28 heavy (non-hydrogen) atoms. The molecule has 152 valence electrons. The van der Waals surface area contributed by atoms with Gasteiger partial charge in [0.05, 0.1) is 12.7 Å². The number of hydrogen-bond acceptors (Lipinski definition) is 5. The molecule has 0 aromatic carbocycles. The first-order chi connectivity index (χ1) is 13.6. The maximum absolute atomic E-state index is 5.63. The van der Waals surface area contributed by atoms with Gasteiger partial charge in [-0.05, 0) is 48.4 Å². The maximum atomic E-state index is 5.63. The molecule has 1 aliphatic heterocycles. The molecule has 0 saturated carbocycles. The predicted octanol–water partition coefficient (Wildman–Crippen LogP) is 2.91. The third-order valence-electron chi connectivity index (χ3n) is 4.81. The zero-order chi connectivity index (χ0) is 19.8. The topological polar surface area (TPSA) is 61.8 Å². The fraction of sp³-hybridized carbons (Fsp3) is 0.524. The van der Waals surface area contributed by atoms with Crippen molar-refractivity contribution in [2.24, 2.45) is 10.9 Å². The van der Waals surface area contributed by atoms with Crippen molar-refractivity contribution in [3.8, 4) is 0 Å². The number of nitrogens with zero attached hydrogens (tertiary/aromatic N) is 3. The fourth-order valence-corrected chi connectivity index (χ4v) is 4.16. The molecule has 0 radical (unpaired) electrons. The Morgan fingerprint density at radius 3 is 3.07 bits per heavy atom. The quantitative estimate of drug-likeness (QED) is 0.552. The van der Waals surface area contributed by atoms with Crippen molar-refractivity contribution in [3.05, 3.63) is 46.3 Å². The van der Waals surface area contributed by atoms with E-state index in [-0.39, 0.29) is 6.10 Å². The number of aromatic nitrogens is 1. The number of guanidine groups is 1. The van der Waals surface area contributed by atoms with Gasteiger partial charge in [0, 0.05) is 44.3 Å². The summed E-state index contributed by atoms with van der Waals surface area (Å²) in [6.45, 7) is 8.50. The largest absolute Gasteiger partial charge is 0.375 e. The van der Waals surface area contributed by atoms with Crippen molar-refractivity contribution < 1.29 is 4.74 Å². The van der Waals surface area contributed by atoms with Crippen LogP contribution in [0.5, 0.6) is 0 Å². The first-order valence-electron chi connectivity index (χ1n) is 9.92. The molecule has 7 heteroatoms. The van der Waals surface area contributed by atoms with Crippen LogP contribution in [0.25, 0.3) is 0 Å². The van der Waals surface area contributed by atoms with Gasteiger partial charge in [0.15, 0.2) is 5.96 Å². The average Bonchev–Trinajstić information content (AvgIpc) is 3.21. The van der Waals surface area contributed by atoms with Crippen LogP contribution in [0.3, 0.4) is 0 Å². The standard InChI is InChI=1S/C21H31N5OS/c1-16(11-19-5-4-10-28-19)13-24-21(22-3)25-14-18-6-7-23-20(12-18)26-8-9-27-17(2)15-26/h4-7,10,12,16-17H,8-9,11,13-15H2,1-3H3,(H2,22,24,25). The zero-order valence-corrected chi connectivity index (χ0v) is 17.8. The summed E-state index contributed by atoms with van der Waals surface area (Å²) in [6.07, 6.45) is 3.22. The van der Waals surface area contributed by atoms with Crippen molar-refractivity contribution >= 4 is 23.1 Å². The lowest BCUT2D eigenvalue weighted by atomic mass is 10.1. The molecule has 1 aliphatic rings. The summed E-state index contributed by atoms with van der Waals surface area (Å²) in [4.78, 5) is 12.6. The van der Waals surface area contributed by atoms with Gasteiger partial charge >= 0.3 is 0 Å². The summed E-state index contributed by atoms with van der Waals surface area (Å²) in [5.41, 5.74) is 1.19. The van der Waals surface area contributed by atoms with Crippen molar-refractivity contribution in [2.45, 2.75) is 32.9 Å². The van der Waals surface area contributed by atoms with Crippen molar-refractivity contribution in [3.63, 3.8) is 0 Å². The Morgan fingerprint density at radius 2 is 2.32 bits per heavy atom. The van der Waals surface area contributed by atoms with Gasteiger partial charge in [-0.2, -0.15) is 0 Å². The summed E-state index contributed by atoms with van der Waals surface area (Å²) < 4.78 is 5.63. The number of aliphatic imine (C=N–C) groups is 1. The lowest BCUT2D eigenvalue weighted by Gasteiger charge is -2.32. The third kappa shape index (κ3) is 6.21. The van der Waals surface area contributed by atoms with E-state index >= 15 is 0 Å². The molecule has 6 nitrogen and oxygen atoms in total. The monoisotopic (exact) mass is 401 g/mol. The van der Waals surface area contributed by atoms with Crippen LogP contribution in [0, 0.1) is 5.92 Å². The van der Waals surface area contributed by atoms with Crippen LogP contribution >= 0.6 is 11.3 Å². The highest BCUT2D eigenvalue weighted by atomic mass is 32.1. The van der Waals surface area contributed by atoms with E-state index in [0.29, 0.717) is 12.5 Å². The number of hydrogen-bond donors (Lipinski definition) is 2. The highest BCUT2D eigenvalue weighted by Gasteiger charge is 2.18. The van der Waals surface area contributed by atoms with Crippen LogP contribution in [-0.2, 0) is 17.7 Å². The Hall–Kier alpha value is -2.12. The number of pyridine rings is 1. The highest BCUT2D eigenvalue weighted by molar-refractivity contribution is 7.09. The Bertz CT molecular complexity index is 749. The molecular weight excluding hydrogens is 370 g/mol. The molecule has 0 spiro atoms. The first kappa shape index (κ1) is 20.6. The molecule has 2 unspecified atom stereocenters. The predicted molar refractivity (Wildman–Crippen MR) is 117 cm³/mol. The maximum Gasteiger partial charge on any atom is 0.191 e. The molecular formula is C21H31N5OS. The molecule has 0 aliphatic carbocycles. The van der Waals surface area contributed by atoms with E-state index in [1.165, 1.54) is 10.4 Å². The molecule has 1 saturated heterocycles. The normalized spacial score (nSPS) is 18.8. The Balaban J connectivity index is 1.47. The molecule has 3 heterocycles. The Labute approximate surface area is 172 Å². The molecule has 1 fully saturated rings. The van der Waals surface area contributed by atoms with Crippen LogP contribution in [0.15, 0.2) is 40.8 Å². The first-order valence-corrected chi connectivity index (χ1v) is 10.8. The minimum absolute atomic E-state index is 0.247. The van der Waals surface area contributed by atoms with E-state index in [9.17, 15) is 0 Å². The van der Waals surface area contributed by atoms with Gasteiger partial charge in [-0.3, -0.25) is 4.99 Å². The van der Waals surface area contributed by atoms with Gasteiger partial charge in [-0.25, -0.2) is 4.98 Å². The SMILES string of the molecule is CN=C(NCc1ccnc(N2CCOC(C)C2)c1)NCC(C)Cc1cccs1. The van der Waals surface area contributed by atoms with Gasteiger partial charge in [0.2, 0.25) is 0 Å². The molecule has 2 atom stereocenters. The summed E-state index contributed by atoms with van der Waals surface area (Å²) in [6, 6.07) is 8.51. The number of anilines is 1. The molecule has 2 aromatic heterocycles. The number of ether oxygens (including phenoxy) is 1. The van der Waals surface area contributed by atoms with Crippen LogP contribution in [0.2, 0.25) is 0 Å². The zero-order valence-electron chi connectivity index (χ0n) is 17.0. The van der Waals surface area contributed by atoms with Crippen LogP contribution in [0.4, 0.5) is 5.82 Å². The van der Waals surface area contributed by atoms with Gasteiger partial charge in [0.25, 0.3) is 0 Å². The van der Waals surface area contributed by atoms with Crippen molar-refractivity contribution in [1.82, 2.24) is 15.6 Å². The average molecular weight is 402 g/mol. The third-order valence-corrected chi connectivity index (χ3v) is 5.70. The molecule has 2 N–H and O–H groups in total. The second-order valence-electron chi connectivity index (χ2n) is 7.35. The van der Waals surface area contributed by atoms with Gasteiger partial charge in [-0.15, -0.1) is 11.3 Å². The van der Waals surface area contributed by atoms with Gasteiger partial charge < -0.3 is 20.3 Å². The van der Waals surface area contributed by atoms with E-state index in [2.05, 4.69) is 62.9 Å². The summed E-state index contributed by atoms with van der Waals surface area (Å²) >= 11 is 1.82. The minimum Gasteiger partial charge on any atom is -0.375 e. The van der Waals surface area contributed by atoms with E-state index < -0.39 is 0 Å². The lowest BCUT2D eigenvalue weighted by molar-refractivity contribution is 0.0529. The minimum atomic E-state index is 0.247. The van der Waals surface area contributed by atoms with Crippen molar-refractivity contribution in [2.75, 3.05) is 38.2 Å². The van der Waals surface area contributed by atoms with Gasteiger partial charge in [0.1, 0.15) is 5.82 Å². The molecule has 3 rings (SSSR count). The van der Waals surface area contributed by atoms with E-state index in [1.54, 1.807) is 0 Å². The molecule has 0 bridgehead atoms. The second-order valence-corrected chi connectivity index (χ2v) is 8.38. The van der Waals surface area contributed by atoms with Crippen LogP contribution in [-0.4, -0.2) is 50.3 Å².